The highest BCUT2D eigenvalue weighted by Crippen LogP contribution is 2.25. The second kappa shape index (κ2) is 8.96. The van der Waals surface area contributed by atoms with E-state index in [4.69, 9.17) is 5.26 Å². The molecule has 27 heavy (non-hydrogen) atoms. The zero-order chi connectivity index (χ0) is 19.2. The standard InChI is InChI=1S/C21H21N3OS2/c1-14(2)15-5-7-16(8-6-15)20(18-4-3-10-26-18)23-13-19(25)24-21-17(12-22)9-11-27-21/h3-11,14,20,23H,13H2,1-2H3,(H,24,25)/p+1/t20-/m0/s1. The summed E-state index contributed by atoms with van der Waals surface area (Å²) in [6.07, 6.45) is 0. The fraction of sp³-hybridized carbons (Fsp3) is 0.238. The highest BCUT2D eigenvalue weighted by molar-refractivity contribution is 7.14. The Labute approximate surface area is 167 Å². The number of nitrogens with two attached hydrogens (primary N) is 1. The van der Waals surface area contributed by atoms with Crippen LogP contribution in [0.25, 0.3) is 0 Å². The summed E-state index contributed by atoms with van der Waals surface area (Å²) in [7, 11) is 0. The number of rotatable bonds is 7. The van der Waals surface area contributed by atoms with Crippen molar-refractivity contribution in [2.75, 3.05) is 11.9 Å². The van der Waals surface area contributed by atoms with E-state index in [1.165, 1.54) is 27.3 Å². The molecule has 6 heteroatoms. The van der Waals surface area contributed by atoms with Crippen molar-refractivity contribution in [2.24, 2.45) is 0 Å². The Morgan fingerprint density at radius 3 is 2.48 bits per heavy atom. The van der Waals surface area contributed by atoms with Gasteiger partial charge in [0.2, 0.25) is 0 Å². The predicted molar refractivity (Wildman–Crippen MR) is 111 cm³/mol. The van der Waals surface area contributed by atoms with Gasteiger partial charge in [-0.3, -0.25) is 4.79 Å². The maximum absolute atomic E-state index is 12.4. The van der Waals surface area contributed by atoms with Gasteiger partial charge in [0.1, 0.15) is 17.1 Å². The van der Waals surface area contributed by atoms with Gasteiger partial charge in [-0.15, -0.1) is 22.7 Å². The summed E-state index contributed by atoms with van der Waals surface area (Å²) < 4.78 is 0. The number of carbonyl (C=O) groups excluding carboxylic acids is 1. The van der Waals surface area contributed by atoms with Crippen LogP contribution in [0.15, 0.2) is 53.2 Å². The van der Waals surface area contributed by atoms with Crippen LogP contribution in [-0.2, 0) is 4.79 Å². The molecule has 2 aromatic heterocycles. The van der Waals surface area contributed by atoms with Gasteiger partial charge in [-0.05, 0) is 34.4 Å². The second-order valence-corrected chi connectivity index (χ2v) is 8.47. The van der Waals surface area contributed by atoms with Gasteiger partial charge >= 0.3 is 0 Å². The molecule has 1 amide bonds. The van der Waals surface area contributed by atoms with Crippen LogP contribution in [0.3, 0.4) is 0 Å². The van der Waals surface area contributed by atoms with Gasteiger partial charge in [-0.2, -0.15) is 5.26 Å². The molecule has 1 aromatic carbocycles. The zero-order valence-corrected chi connectivity index (χ0v) is 16.9. The lowest BCUT2D eigenvalue weighted by Crippen LogP contribution is -2.87. The number of nitrogens with one attached hydrogen (secondary N) is 1. The smallest absolute Gasteiger partial charge is 0.280 e. The average Bonchev–Trinajstić information content (AvgIpc) is 3.34. The van der Waals surface area contributed by atoms with Crippen LogP contribution in [0.1, 0.15) is 47.4 Å². The number of thiophene rings is 2. The number of hydrogen-bond donors (Lipinski definition) is 2. The normalized spacial score (nSPS) is 11.9. The highest BCUT2D eigenvalue weighted by atomic mass is 32.1. The third-order valence-electron chi connectivity index (χ3n) is 4.39. The van der Waals surface area contributed by atoms with Crippen LogP contribution in [0.4, 0.5) is 5.00 Å². The summed E-state index contributed by atoms with van der Waals surface area (Å²) in [4.78, 5) is 13.6. The van der Waals surface area contributed by atoms with Gasteiger partial charge in [0.05, 0.1) is 10.4 Å². The van der Waals surface area contributed by atoms with Crippen molar-refractivity contribution >= 4 is 33.6 Å². The number of quaternary nitrogens is 1. The average molecular weight is 397 g/mol. The number of benzene rings is 1. The Morgan fingerprint density at radius 1 is 1.11 bits per heavy atom. The SMILES string of the molecule is CC(C)c1ccc([C@H]([NH2+]CC(=O)Nc2sccc2C#N)c2cccs2)cc1. The van der Waals surface area contributed by atoms with Crippen LogP contribution in [0.2, 0.25) is 0 Å². The number of amides is 1. The molecule has 3 N–H and O–H groups in total. The van der Waals surface area contributed by atoms with E-state index < -0.39 is 0 Å². The molecule has 0 radical (unpaired) electrons. The Morgan fingerprint density at radius 2 is 1.85 bits per heavy atom. The molecule has 0 spiro atoms. The molecule has 2 heterocycles. The van der Waals surface area contributed by atoms with Crippen LogP contribution >= 0.6 is 22.7 Å². The van der Waals surface area contributed by atoms with Crippen molar-refractivity contribution in [3.63, 3.8) is 0 Å². The van der Waals surface area contributed by atoms with E-state index in [0.29, 0.717) is 16.5 Å². The fourth-order valence-corrected chi connectivity index (χ4v) is 4.47. The first-order valence-electron chi connectivity index (χ1n) is 8.82. The third kappa shape index (κ3) is 4.83. The summed E-state index contributed by atoms with van der Waals surface area (Å²) in [6, 6.07) is 16.7. The minimum absolute atomic E-state index is 0.0794. The highest BCUT2D eigenvalue weighted by Gasteiger charge is 2.21. The first-order chi connectivity index (χ1) is 13.1. The largest absolute Gasteiger partial charge is 0.328 e. The Kier molecular flexibility index (Phi) is 6.40. The van der Waals surface area contributed by atoms with Gasteiger partial charge < -0.3 is 10.6 Å². The first kappa shape index (κ1) is 19.3. The molecule has 0 bridgehead atoms. The molecule has 3 aromatic rings. The molecule has 1 atom stereocenters. The van der Waals surface area contributed by atoms with Gasteiger partial charge in [0.25, 0.3) is 5.91 Å². The van der Waals surface area contributed by atoms with E-state index in [0.717, 1.165) is 0 Å². The summed E-state index contributed by atoms with van der Waals surface area (Å²) in [6.45, 7) is 4.65. The fourth-order valence-electron chi connectivity index (χ4n) is 2.87. The zero-order valence-electron chi connectivity index (χ0n) is 15.3. The van der Waals surface area contributed by atoms with Crippen molar-refractivity contribution in [2.45, 2.75) is 25.8 Å². The lowest BCUT2D eigenvalue weighted by molar-refractivity contribution is -0.675. The molecule has 0 unspecified atom stereocenters. The van der Waals surface area contributed by atoms with Crippen molar-refractivity contribution in [1.82, 2.24) is 0 Å². The van der Waals surface area contributed by atoms with E-state index in [1.54, 1.807) is 17.4 Å². The monoisotopic (exact) mass is 396 g/mol. The van der Waals surface area contributed by atoms with Crippen molar-refractivity contribution < 1.29 is 10.1 Å². The van der Waals surface area contributed by atoms with Crippen LogP contribution in [-0.4, -0.2) is 12.5 Å². The Bertz CT molecular complexity index is 921. The second-order valence-electron chi connectivity index (χ2n) is 6.58. The first-order valence-corrected chi connectivity index (χ1v) is 10.6. The van der Waals surface area contributed by atoms with E-state index in [1.807, 2.05) is 16.8 Å². The summed E-state index contributed by atoms with van der Waals surface area (Å²) in [5, 5.41) is 18.4. The predicted octanol–water partition coefficient (Wildman–Crippen LogP) is 4.10. The molecular formula is C21H22N3OS2+. The topological polar surface area (TPSA) is 69.5 Å². The number of nitrogens with zero attached hydrogens (tertiary/aromatic N) is 1. The van der Waals surface area contributed by atoms with Crippen molar-refractivity contribution in [1.29, 1.82) is 5.26 Å². The minimum atomic E-state index is -0.102. The third-order valence-corrected chi connectivity index (χ3v) is 6.17. The molecule has 4 nitrogen and oxygen atoms in total. The van der Waals surface area contributed by atoms with Gasteiger partial charge in [0, 0.05) is 5.56 Å². The maximum Gasteiger partial charge on any atom is 0.280 e. The molecule has 0 aliphatic carbocycles. The number of anilines is 1. The number of carbonyl (C=O) groups is 1. The van der Waals surface area contributed by atoms with Crippen molar-refractivity contribution in [3.05, 3.63) is 74.8 Å². The lowest BCUT2D eigenvalue weighted by Gasteiger charge is -2.16. The lowest BCUT2D eigenvalue weighted by atomic mass is 9.98. The Balaban J connectivity index is 1.71. The molecule has 0 saturated carbocycles. The van der Waals surface area contributed by atoms with Crippen molar-refractivity contribution in [3.8, 4) is 6.07 Å². The molecule has 0 aliphatic heterocycles. The van der Waals surface area contributed by atoms with E-state index in [9.17, 15) is 4.79 Å². The van der Waals surface area contributed by atoms with Gasteiger partial charge in [0.15, 0.2) is 6.54 Å². The quantitative estimate of drug-likeness (QED) is 0.631. The maximum atomic E-state index is 12.4. The van der Waals surface area contributed by atoms with E-state index >= 15 is 0 Å². The van der Waals surface area contributed by atoms with Crippen LogP contribution in [0.5, 0.6) is 0 Å². The van der Waals surface area contributed by atoms with E-state index in [-0.39, 0.29) is 18.5 Å². The molecular weight excluding hydrogens is 374 g/mol. The molecule has 0 saturated heterocycles. The summed E-state index contributed by atoms with van der Waals surface area (Å²) in [5.41, 5.74) is 3.00. The molecule has 0 fully saturated rings. The minimum Gasteiger partial charge on any atom is -0.328 e. The van der Waals surface area contributed by atoms with Crippen LogP contribution < -0.4 is 10.6 Å². The van der Waals surface area contributed by atoms with Crippen LogP contribution in [0, 0.1) is 11.3 Å². The molecule has 3 rings (SSSR count). The number of hydrogen-bond acceptors (Lipinski definition) is 4. The summed E-state index contributed by atoms with van der Waals surface area (Å²) >= 11 is 3.06. The molecule has 138 valence electrons. The number of nitriles is 1. The van der Waals surface area contributed by atoms with Gasteiger partial charge in [-0.1, -0.05) is 44.2 Å². The molecule has 0 aliphatic rings. The Hall–Kier alpha value is -2.46. The van der Waals surface area contributed by atoms with E-state index in [2.05, 4.69) is 60.9 Å². The van der Waals surface area contributed by atoms with Gasteiger partial charge in [-0.25, -0.2) is 0 Å². The summed E-state index contributed by atoms with van der Waals surface area (Å²) in [5.74, 6) is 0.392.